The summed E-state index contributed by atoms with van der Waals surface area (Å²) in [6.07, 6.45) is 0. The monoisotopic (exact) mass is 454 g/mol. The number of aromatic nitrogens is 1. The molecule has 9 nitrogen and oxygen atoms in total. The van der Waals surface area contributed by atoms with Crippen molar-refractivity contribution in [3.63, 3.8) is 0 Å². The third-order valence-electron chi connectivity index (χ3n) is 5.34. The number of rotatable bonds is 6. The molecule has 4 rings (SSSR count). The number of anilines is 1. The third-order valence-corrected chi connectivity index (χ3v) is 6.23. The van der Waals surface area contributed by atoms with Gasteiger partial charge in [-0.25, -0.2) is 4.98 Å². The minimum atomic E-state index is -0.377. The molecule has 0 bridgehead atoms. The second kappa shape index (κ2) is 9.23. The van der Waals surface area contributed by atoms with Gasteiger partial charge in [0.2, 0.25) is 0 Å². The molecule has 32 heavy (non-hydrogen) atoms. The van der Waals surface area contributed by atoms with Gasteiger partial charge in [-0.1, -0.05) is 12.1 Å². The second-order valence-electron chi connectivity index (χ2n) is 7.13. The van der Waals surface area contributed by atoms with E-state index < -0.39 is 0 Å². The number of benzene rings is 2. The number of hydrogen-bond acceptors (Lipinski definition) is 8. The van der Waals surface area contributed by atoms with Gasteiger partial charge in [0.15, 0.2) is 11.5 Å². The van der Waals surface area contributed by atoms with Crippen molar-refractivity contribution in [3.8, 4) is 22.1 Å². The number of carbonyl (C=O) groups is 1. The standard InChI is InChI=1S/C22H22N4O5S/c1-30-19-8-7-15(13-20(19)31-2)21-23-16(14-32-21)22(27)25-11-9-24(10-12-25)17-5-3-4-6-18(17)26(28)29/h3-8,13-14H,9-12H2,1-2H3. The van der Waals surface area contributed by atoms with Crippen molar-refractivity contribution in [2.45, 2.75) is 0 Å². The van der Waals surface area contributed by atoms with Gasteiger partial charge in [-0.05, 0) is 24.3 Å². The van der Waals surface area contributed by atoms with Crippen LogP contribution >= 0.6 is 11.3 Å². The number of piperazine rings is 1. The number of para-hydroxylation sites is 2. The highest BCUT2D eigenvalue weighted by Gasteiger charge is 2.27. The molecular weight excluding hydrogens is 432 g/mol. The van der Waals surface area contributed by atoms with E-state index in [1.165, 1.54) is 17.4 Å². The minimum Gasteiger partial charge on any atom is -0.493 e. The molecule has 1 amide bonds. The van der Waals surface area contributed by atoms with Gasteiger partial charge in [0.1, 0.15) is 16.4 Å². The van der Waals surface area contributed by atoms with Crippen molar-refractivity contribution >= 4 is 28.6 Å². The van der Waals surface area contributed by atoms with Crippen LogP contribution in [0.1, 0.15) is 10.5 Å². The normalized spacial score (nSPS) is 13.7. The van der Waals surface area contributed by atoms with E-state index in [1.54, 1.807) is 48.8 Å². The first-order valence-electron chi connectivity index (χ1n) is 9.97. The number of hydrogen-bond donors (Lipinski definition) is 0. The molecule has 0 spiro atoms. The van der Waals surface area contributed by atoms with Crippen LogP contribution < -0.4 is 14.4 Å². The van der Waals surface area contributed by atoms with Gasteiger partial charge in [-0.15, -0.1) is 11.3 Å². The average molecular weight is 455 g/mol. The van der Waals surface area contributed by atoms with E-state index in [1.807, 2.05) is 17.0 Å². The van der Waals surface area contributed by atoms with Crippen molar-refractivity contribution in [1.82, 2.24) is 9.88 Å². The summed E-state index contributed by atoms with van der Waals surface area (Å²) in [4.78, 5) is 32.1. The first kappa shape index (κ1) is 21.6. The zero-order valence-electron chi connectivity index (χ0n) is 17.7. The number of carbonyl (C=O) groups excluding carboxylic acids is 1. The Hall–Kier alpha value is -3.66. The molecule has 1 saturated heterocycles. The number of ether oxygens (including phenoxy) is 2. The van der Waals surface area contributed by atoms with Crippen LogP contribution in [0.5, 0.6) is 11.5 Å². The fraction of sp³-hybridized carbons (Fsp3) is 0.273. The van der Waals surface area contributed by atoms with Gasteiger partial charge in [0, 0.05) is 43.2 Å². The highest BCUT2D eigenvalue weighted by Crippen LogP contribution is 2.34. The van der Waals surface area contributed by atoms with Gasteiger partial charge < -0.3 is 19.3 Å². The first-order valence-corrected chi connectivity index (χ1v) is 10.9. The number of methoxy groups -OCH3 is 2. The molecule has 0 saturated carbocycles. The van der Waals surface area contributed by atoms with Crippen LogP contribution in [-0.4, -0.2) is 61.1 Å². The summed E-state index contributed by atoms with van der Waals surface area (Å²) >= 11 is 1.39. The number of nitro groups is 1. The Labute approximate surface area is 189 Å². The fourth-order valence-corrected chi connectivity index (χ4v) is 4.46. The Morgan fingerprint density at radius 1 is 1.06 bits per heavy atom. The Morgan fingerprint density at radius 3 is 2.47 bits per heavy atom. The summed E-state index contributed by atoms with van der Waals surface area (Å²) in [6.45, 7) is 1.97. The molecule has 1 fully saturated rings. The number of amides is 1. The highest BCUT2D eigenvalue weighted by atomic mass is 32.1. The number of thiazole rings is 1. The van der Waals surface area contributed by atoms with Gasteiger partial charge >= 0.3 is 0 Å². The van der Waals surface area contributed by atoms with E-state index in [4.69, 9.17) is 9.47 Å². The molecular formula is C22H22N4O5S. The molecule has 0 aliphatic carbocycles. The molecule has 0 radical (unpaired) electrons. The lowest BCUT2D eigenvalue weighted by Gasteiger charge is -2.35. The smallest absolute Gasteiger partial charge is 0.292 e. The van der Waals surface area contributed by atoms with Crippen LogP contribution in [-0.2, 0) is 0 Å². The Bertz CT molecular complexity index is 1140. The van der Waals surface area contributed by atoms with Crippen LogP contribution in [0, 0.1) is 10.1 Å². The van der Waals surface area contributed by atoms with Gasteiger partial charge in [0.05, 0.1) is 19.1 Å². The summed E-state index contributed by atoms with van der Waals surface area (Å²) in [6, 6.07) is 12.2. The van der Waals surface area contributed by atoms with E-state index in [-0.39, 0.29) is 16.5 Å². The fourth-order valence-electron chi connectivity index (χ4n) is 3.67. The zero-order chi connectivity index (χ0) is 22.7. The van der Waals surface area contributed by atoms with Crippen LogP contribution in [0.3, 0.4) is 0 Å². The molecule has 0 atom stereocenters. The summed E-state index contributed by atoms with van der Waals surface area (Å²) in [5, 5.41) is 13.8. The van der Waals surface area contributed by atoms with Crippen LogP contribution in [0.4, 0.5) is 11.4 Å². The van der Waals surface area contributed by atoms with Crippen molar-refractivity contribution < 1.29 is 19.2 Å². The van der Waals surface area contributed by atoms with E-state index >= 15 is 0 Å². The lowest BCUT2D eigenvalue weighted by Crippen LogP contribution is -2.49. The summed E-state index contributed by atoms with van der Waals surface area (Å²) in [7, 11) is 3.15. The lowest BCUT2D eigenvalue weighted by molar-refractivity contribution is -0.384. The topological polar surface area (TPSA) is 98.0 Å². The SMILES string of the molecule is COc1ccc(-c2nc(C(=O)N3CCN(c4ccccc4[N+](=O)[O-])CC3)cs2)cc1OC. The van der Waals surface area contributed by atoms with Gasteiger partial charge in [0.25, 0.3) is 11.6 Å². The summed E-state index contributed by atoms with van der Waals surface area (Å²) in [5.41, 5.74) is 1.88. The molecule has 10 heteroatoms. The maximum atomic E-state index is 13.0. The van der Waals surface area contributed by atoms with Gasteiger partial charge in [-0.3, -0.25) is 14.9 Å². The maximum Gasteiger partial charge on any atom is 0.292 e. The Kier molecular flexibility index (Phi) is 6.22. The lowest BCUT2D eigenvalue weighted by atomic mass is 10.2. The molecule has 0 N–H and O–H groups in total. The van der Waals surface area contributed by atoms with E-state index in [0.717, 1.165) is 5.56 Å². The van der Waals surface area contributed by atoms with E-state index in [2.05, 4.69) is 4.98 Å². The van der Waals surface area contributed by atoms with E-state index in [0.29, 0.717) is 54.1 Å². The van der Waals surface area contributed by atoms with Gasteiger partial charge in [-0.2, -0.15) is 0 Å². The maximum absolute atomic E-state index is 13.0. The van der Waals surface area contributed by atoms with Crippen molar-refractivity contribution in [2.24, 2.45) is 0 Å². The van der Waals surface area contributed by atoms with E-state index in [9.17, 15) is 14.9 Å². The molecule has 3 aromatic rings. The first-order chi connectivity index (χ1) is 15.5. The molecule has 0 unspecified atom stereocenters. The third kappa shape index (κ3) is 4.22. The van der Waals surface area contributed by atoms with Crippen molar-refractivity contribution in [2.75, 3.05) is 45.3 Å². The molecule has 1 aliphatic rings. The number of nitro benzene ring substituents is 1. The number of nitrogens with zero attached hydrogens (tertiary/aromatic N) is 4. The predicted octanol–water partition coefficient (Wildman–Crippen LogP) is 3.70. The van der Waals surface area contributed by atoms with Crippen molar-refractivity contribution in [3.05, 3.63) is 63.7 Å². The summed E-state index contributed by atoms with van der Waals surface area (Å²) < 4.78 is 10.6. The summed E-state index contributed by atoms with van der Waals surface area (Å²) in [5.74, 6) is 1.08. The molecule has 1 aromatic heterocycles. The molecule has 2 heterocycles. The van der Waals surface area contributed by atoms with Crippen LogP contribution in [0.2, 0.25) is 0 Å². The largest absolute Gasteiger partial charge is 0.493 e. The zero-order valence-corrected chi connectivity index (χ0v) is 18.5. The molecule has 166 valence electrons. The molecule has 1 aliphatic heterocycles. The Balaban J connectivity index is 1.45. The predicted molar refractivity (Wildman–Crippen MR) is 122 cm³/mol. The minimum absolute atomic E-state index is 0.0753. The average Bonchev–Trinajstić information content (AvgIpc) is 3.33. The molecule has 2 aromatic carbocycles. The van der Waals surface area contributed by atoms with Crippen LogP contribution in [0.25, 0.3) is 10.6 Å². The van der Waals surface area contributed by atoms with Crippen molar-refractivity contribution in [1.29, 1.82) is 0 Å². The van der Waals surface area contributed by atoms with Crippen LogP contribution in [0.15, 0.2) is 47.8 Å². The Morgan fingerprint density at radius 2 is 1.78 bits per heavy atom. The quantitative estimate of drug-likeness (QED) is 0.414. The highest BCUT2D eigenvalue weighted by molar-refractivity contribution is 7.13. The second-order valence-corrected chi connectivity index (χ2v) is 7.99.